The van der Waals surface area contributed by atoms with Gasteiger partial charge < -0.3 is 15.0 Å². The summed E-state index contributed by atoms with van der Waals surface area (Å²) >= 11 is 0. The number of nitrogens with zero attached hydrogens (tertiary/aromatic N) is 2. The highest BCUT2D eigenvalue weighted by atomic mass is 16.5. The fourth-order valence-corrected chi connectivity index (χ4v) is 5.61. The van der Waals surface area contributed by atoms with Gasteiger partial charge in [0, 0.05) is 36.8 Å². The number of rotatable bonds is 7. The van der Waals surface area contributed by atoms with Crippen LogP contribution in [0.5, 0.6) is 5.88 Å². The van der Waals surface area contributed by atoms with E-state index < -0.39 is 0 Å². The van der Waals surface area contributed by atoms with Gasteiger partial charge in [-0.3, -0.25) is 4.79 Å². The SMILES string of the molecule is COc1ncc(C2CC2)cc1CNC1CCN(C(=O)C2CCCCC2)C1c1ccccc1. The monoisotopic (exact) mass is 433 g/mol. The van der Waals surface area contributed by atoms with Crippen molar-refractivity contribution in [1.29, 1.82) is 0 Å². The number of hydrogen-bond donors (Lipinski definition) is 1. The lowest BCUT2D eigenvalue weighted by atomic mass is 9.87. The molecule has 2 atom stereocenters. The van der Waals surface area contributed by atoms with Gasteiger partial charge in [0.25, 0.3) is 0 Å². The second kappa shape index (κ2) is 9.62. The highest BCUT2D eigenvalue weighted by molar-refractivity contribution is 5.80. The molecule has 0 spiro atoms. The quantitative estimate of drug-likeness (QED) is 0.669. The Hall–Kier alpha value is -2.40. The van der Waals surface area contributed by atoms with Crippen LogP contribution < -0.4 is 10.1 Å². The van der Waals surface area contributed by atoms with Gasteiger partial charge in [0.1, 0.15) is 0 Å². The molecule has 1 saturated heterocycles. The van der Waals surface area contributed by atoms with Crippen molar-refractivity contribution in [2.45, 2.75) is 75.9 Å². The van der Waals surface area contributed by atoms with E-state index in [2.05, 4.69) is 45.5 Å². The zero-order valence-electron chi connectivity index (χ0n) is 19.1. The second-order valence-corrected chi connectivity index (χ2v) is 9.71. The van der Waals surface area contributed by atoms with E-state index in [1.807, 2.05) is 12.3 Å². The molecule has 32 heavy (non-hydrogen) atoms. The Kier molecular flexibility index (Phi) is 6.44. The van der Waals surface area contributed by atoms with Crippen molar-refractivity contribution in [3.05, 3.63) is 59.3 Å². The summed E-state index contributed by atoms with van der Waals surface area (Å²) in [6, 6.07) is 13.1. The van der Waals surface area contributed by atoms with Crippen molar-refractivity contribution in [3.8, 4) is 5.88 Å². The van der Waals surface area contributed by atoms with Gasteiger partial charge in [0.2, 0.25) is 11.8 Å². The van der Waals surface area contributed by atoms with Crippen LogP contribution in [0.25, 0.3) is 0 Å². The summed E-state index contributed by atoms with van der Waals surface area (Å²) in [5.74, 6) is 1.93. The normalized spacial score (nSPS) is 24.0. The predicted molar refractivity (Wildman–Crippen MR) is 125 cm³/mol. The average molecular weight is 434 g/mol. The first kappa shape index (κ1) is 21.4. The van der Waals surface area contributed by atoms with Gasteiger partial charge in [-0.1, -0.05) is 49.6 Å². The number of ether oxygens (including phenoxy) is 1. The summed E-state index contributed by atoms with van der Waals surface area (Å²) in [4.78, 5) is 20.2. The van der Waals surface area contributed by atoms with Gasteiger partial charge in [-0.15, -0.1) is 0 Å². The molecule has 2 aromatic rings. The largest absolute Gasteiger partial charge is 0.481 e. The molecule has 2 heterocycles. The maximum Gasteiger partial charge on any atom is 0.226 e. The number of likely N-dealkylation sites (tertiary alicyclic amines) is 1. The van der Waals surface area contributed by atoms with Gasteiger partial charge >= 0.3 is 0 Å². The van der Waals surface area contributed by atoms with Crippen LogP contribution in [0.1, 0.15) is 80.0 Å². The molecule has 1 aromatic carbocycles. The zero-order valence-corrected chi connectivity index (χ0v) is 19.1. The highest BCUT2D eigenvalue weighted by Gasteiger charge is 2.40. The number of pyridine rings is 1. The molecule has 2 aliphatic carbocycles. The van der Waals surface area contributed by atoms with E-state index in [0.717, 1.165) is 31.4 Å². The lowest BCUT2D eigenvalue weighted by Crippen LogP contribution is -2.41. The second-order valence-electron chi connectivity index (χ2n) is 9.71. The number of aromatic nitrogens is 1. The average Bonchev–Trinajstić information content (AvgIpc) is 3.62. The lowest BCUT2D eigenvalue weighted by molar-refractivity contribution is -0.137. The topological polar surface area (TPSA) is 54.5 Å². The van der Waals surface area contributed by atoms with E-state index in [4.69, 9.17) is 4.74 Å². The first-order valence-corrected chi connectivity index (χ1v) is 12.4. The molecular weight excluding hydrogens is 398 g/mol. The smallest absolute Gasteiger partial charge is 0.226 e. The van der Waals surface area contributed by atoms with Gasteiger partial charge in [-0.05, 0) is 55.2 Å². The minimum atomic E-state index is 0.0798. The Bertz CT molecular complexity index is 922. The molecule has 1 aliphatic heterocycles. The number of carbonyl (C=O) groups excluding carboxylic acids is 1. The molecule has 2 unspecified atom stereocenters. The Balaban J connectivity index is 1.35. The van der Waals surface area contributed by atoms with E-state index in [1.165, 1.54) is 43.2 Å². The number of hydrogen-bond acceptors (Lipinski definition) is 4. The summed E-state index contributed by atoms with van der Waals surface area (Å²) in [6.45, 7) is 1.53. The van der Waals surface area contributed by atoms with Crippen LogP contribution in [0.15, 0.2) is 42.6 Å². The Labute approximate surface area is 191 Å². The Morgan fingerprint density at radius 1 is 1.06 bits per heavy atom. The van der Waals surface area contributed by atoms with Crippen molar-refractivity contribution in [2.24, 2.45) is 5.92 Å². The number of carbonyl (C=O) groups is 1. The highest BCUT2D eigenvalue weighted by Crippen LogP contribution is 2.41. The third kappa shape index (κ3) is 4.54. The minimum Gasteiger partial charge on any atom is -0.481 e. The van der Waals surface area contributed by atoms with Crippen molar-refractivity contribution in [2.75, 3.05) is 13.7 Å². The number of nitrogens with one attached hydrogen (secondary N) is 1. The first-order valence-electron chi connectivity index (χ1n) is 12.4. The van der Waals surface area contributed by atoms with Crippen LogP contribution >= 0.6 is 0 Å². The van der Waals surface area contributed by atoms with Crippen LogP contribution in [-0.2, 0) is 11.3 Å². The van der Waals surface area contributed by atoms with Crippen molar-refractivity contribution in [3.63, 3.8) is 0 Å². The first-order chi connectivity index (χ1) is 15.7. The number of benzene rings is 1. The maximum atomic E-state index is 13.5. The number of methoxy groups -OCH3 is 1. The standard InChI is InChI=1S/C27H35N3O2/c1-32-26-23(16-22(17-29-26)19-12-13-19)18-28-24-14-15-30(25(24)20-8-4-2-5-9-20)27(31)21-10-6-3-7-11-21/h2,4-5,8-9,16-17,19,21,24-25,28H,3,6-7,10-15,18H2,1H3. The third-order valence-corrected chi connectivity index (χ3v) is 7.52. The van der Waals surface area contributed by atoms with Crippen LogP contribution in [0, 0.1) is 5.92 Å². The van der Waals surface area contributed by atoms with E-state index >= 15 is 0 Å². The van der Waals surface area contributed by atoms with Gasteiger partial charge in [-0.25, -0.2) is 4.98 Å². The summed E-state index contributed by atoms with van der Waals surface area (Å²) < 4.78 is 5.55. The molecule has 1 amide bonds. The molecule has 5 rings (SSSR count). The van der Waals surface area contributed by atoms with E-state index in [1.54, 1.807) is 7.11 Å². The van der Waals surface area contributed by atoms with Gasteiger partial charge in [0.05, 0.1) is 13.2 Å². The molecule has 1 aromatic heterocycles. The Morgan fingerprint density at radius 3 is 2.56 bits per heavy atom. The van der Waals surface area contributed by atoms with Crippen LogP contribution in [0.2, 0.25) is 0 Å². The molecule has 2 saturated carbocycles. The van der Waals surface area contributed by atoms with Crippen LogP contribution in [-0.4, -0.2) is 35.5 Å². The predicted octanol–water partition coefficient (Wildman–Crippen LogP) is 4.98. The van der Waals surface area contributed by atoms with Gasteiger partial charge in [0.15, 0.2) is 0 Å². The lowest BCUT2D eigenvalue weighted by Gasteiger charge is -2.33. The number of amides is 1. The molecule has 3 fully saturated rings. The van der Waals surface area contributed by atoms with Crippen LogP contribution in [0.4, 0.5) is 0 Å². The molecule has 3 aliphatic rings. The van der Waals surface area contributed by atoms with E-state index in [-0.39, 0.29) is 18.0 Å². The molecule has 170 valence electrons. The summed E-state index contributed by atoms with van der Waals surface area (Å²) in [5.41, 5.74) is 3.66. The molecular formula is C27H35N3O2. The molecule has 5 heteroatoms. The molecule has 1 N–H and O–H groups in total. The summed E-state index contributed by atoms with van der Waals surface area (Å²) in [6.07, 6.45) is 11.2. The fraction of sp³-hybridized carbons (Fsp3) is 0.556. The van der Waals surface area contributed by atoms with E-state index in [9.17, 15) is 4.79 Å². The summed E-state index contributed by atoms with van der Waals surface area (Å²) in [5, 5.41) is 3.78. The van der Waals surface area contributed by atoms with Gasteiger partial charge in [-0.2, -0.15) is 0 Å². The zero-order chi connectivity index (χ0) is 21.9. The molecule has 0 bridgehead atoms. The maximum absolute atomic E-state index is 13.5. The molecule has 5 nitrogen and oxygen atoms in total. The molecule has 0 radical (unpaired) electrons. The van der Waals surface area contributed by atoms with Crippen molar-refractivity contribution >= 4 is 5.91 Å². The Morgan fingerprint density at radius 2 is 1.84 bits per heavy atom. The minimum absolute atomic E-state index is 0.0798. The van der Waals surface area contributed by atoms with E-state index in [0.29, 0.717) is 24.2 Å². The van der Waals surface area contributed by atoms with Crippen molar-refractivity contribution in [1.82, 2.24) is 15.2 Å². The summed E-state index contributed by atoms with van der Waals surface area (Å²) in [7, 11) is 1.69. The fourth-order valence-electron chi connectivity index (χ4n) is 5.61. The third-order valence-electron chi connectivity index (χ3n) is 7.52. The van der Waals surface area contributed by atoms with Crippen LogP contribution in [0.3, 0.4) is 0 Å². The van der Waals surface area contributed by atoms with Crippen molar-refractivity contribution < 1.29 is 9.53 Å².